The quantitative estimate of drug-likeness (QED) is 0.739. The molecule has 0 fully saturated rings. The normalized spacial score (nSPS) is 16.7. The van der Waals surface area contributed by atoms with Crippen LogP contribution in [0, 0.1) is 18.3 Å². The summed E-state index contributed by atoms with van der Waals surface area (Å²) in [5.41, 5.74) is 10.1. The van der Waals surface area contributed by atoms with Gasteiger partial charge in [0, 0.05) is 27.2 Å². The summed E-state index contributed by atoms with van der Waals surface area (Å²) in [6.07, 6.45) is 2.40. The SMILES string of the molecule is COCCCC1CCC(=O)N(C)C(N)=Nc2cc(-c3cc(C#N)ccc3C)ccc2O1. The second kappa shape index (κ2) is 10.1. The minimum atomic E-state index is -0.129. The molecule has 0 aliphatic carbocycles. The van der Waals surface area contributed by atoms with Gasteiger partial charge in [-0.25, -0.2) is 4.99 Å². The van der Waals surface area contributed by atoms with Crippen LogP contribution in [0.2, 0.25) is 0 Å². The number of carbonyl (C=O) groups excluding carboxylic acids is 1. The maximum Gasteiger partial charge on any atom is 0.229 e. The van der Waals surface area contributed by atoms with Crippen LogP contribution in [0.5, 0.6) is 5.75 Å². The van der Waals surface area contributed by atoms with Crippen molar-refractivity contribution in [2.45, 2.75) is 38.7 Å². The Kier molecular flexibility index (Phi) is 7.27. The second-order valence-electron chi connectivity index (χ2n) is 7.66. The summed E-state index contributed by atoms with van der Waals surface area (Å²) in [7, 11) is 3.30. The van der Waals surface area contributed by atoms with E-state index in [2.05, 4.69) is 11.1 Å². The van der Waals surface area contributed by atoms with Gasteiger partial charge in [0.1, 0.15) is 11.4 Å². The minimum absolute atomic E-state index is 0.0984. The van der Waals surface area contributed by atoms with E-state index >= 15 is 0 Å². The van der Waals surface area contributed by atoms with E-state index in [9.17, 15) is 10.1 Å². The van der Waals surface area contributed by atoms with Gasteiger partial charge in [-0.1, -0.05) is 12.1 Å². The fourth-order valence-corrected chi connectivity index (χ4v) is 3.55. The molecule has 1 atom stereocenters. The first-order chi connectivity index (χ1) is 14.9. The average molecular weight is 421 g/mol. The van der Waals surface area contributed by atoms with E-state index in [1.165, 1.54) is 4.90 Å². The molecule has 1 aliphatic rings. The largest absolute Gasteiger partial charge is 0.488 e. The molecule has 1 amide bonds. The van der Waals surface area contributed by atoms with Crippen LogP contribution in [0.1, 0.15) is 36.8 Å². The summed E-state index contributed by atoms with van der Waals surface area (Å²) < 4.78 is 11.4. The monoisotopic (exact) mass is 420 g/mol. The lowest BCUT2D eigenvalue weighted by atomic mass is 9.97. The molecule has 0 spiro atoms. The zero-order chi connectivity index (χ0) is 22.4. The summed E-state index contributed by atoms with van der Waals surface area (Å²) in [5.74, 6) is 0.636. The molecule has 2 aromatic carbocycles. The first-order valence-corrected chi connectivity index (χ1v) is 10.3. The Morgan fingerprint density at radius 1 is 1.32 bits per heavy atom. The number of guanidine groups is 1. The number of nitrogens with zero attached hydrogens (tertiary/aromatic N) is 3. The number of fused-ring (bicyclic) bond motifs is 1. The van der Waals surface area contributed by atoms with Gasteiger partial charge >= 0.3 is 0 Å². The first-order valence-electron chi connectivity index (χ1n) is 10.3. The van der Waals surface area contributed by atoms with Crippen LogP contribution in [-0.4, -0.2) is 43.6 Å². The topological polar surface area (TPSA) is 101 Å². The fourth-order valence-electron chi connectivity index (χ4n) is 3.55. The van der Waals surface area contributed by atoms with E-state index in [1.807, 2.05) is 37.3 Å². The van der Waals surface area contributed by atoms with Crippen LogP contribution in [0.3, 0.4) is 0 Å². The molecular weight excluding hydrogens is 392 g/mol. The van der Waals surface area contributed by atoms with Crippen LogP contribution in [0.15, 0.2) is 41.4 Å². The first kappa shape index (κ1) is 22.3. The van der Waals surface area contributed by atoms with Gasteiger partial charge in [-0.3, -0.25) is 9.69 Å². The van der Waals surface area contributed by atoms with Gasteiger partial charge in [0.25, 0.3) is 0 Å². The summed E-state index contributed by atoms with van der Waals surface area (Å²) >= 11 is 0. The molecule has 0 saturated heterocycles. The maximum atomic E-state index is 12.5. The van der Waals surface area contributed by atoms with E-state index in [0.29, 0.717) is 36.4 Å². The number of nitrogens with two attached hydrogens (primary N) is 1. The molecule has 0 aromatic heterocycles. The van der Waals surface area contributed by atoms with Gasteiger partial charge < -0.3 is 15.2 Å². The van der Waals surface area contributed by atoms with Crippen molar-refractivity contribution in [2.24, 2.45) is 10.7 Å². The molecule has 7 nitrogen and oxygen atoms in total. The standard InChI is InChI=1S/C24H28N4O3/c1-16-6-7-17(15-25)13-20(16)18-8-10-22-21(14-18)27-24(26)28(2)23(29)11-9-19(31-22)5-4-12-30-3/h6-8,10,13-14,19H,4-5,9,11-12H2,1-3H3,(H2,26,27). The molecular formula is C24H28N4O3. The molecule has 0 saturated carbocycles. The lowest BCUT2D eigenvalue weighted by Gasteiger charge is -2.24. The molecule has 2 N–H and O–H groups in total. The smallest absolute Gasteiger partial charge is 0.229 e. The summed E-state index contributed by atoms with van der Waals surface area (Å²) in [6.45, 7) is 2.63. The van der Waals surface area contributed by atoms with Gasteiger partial charge in [0.2, 0.25) is 11.9 Å². The minimum Gasteiger partial charge on any atom is -0.488 e. The lowest BCUT2D eigenvalue weighted by molar-refractivity contribution is -0.127. The van der Waals surface area contributed by atoms with Crippen molar-refractivity contribution in [1.82, 2.24) is 4.90 Å². The molecule has 0 bridgehead atoms. The number of ether oxygens (including phenoxy) is 2. The van der Waals surface area contributed by atoms with Crippen molar-refractivity contribution in [3.8, 4) is 22.9 Å². The molecule has 3 rings (SSSR count). The van der Waals surface area contributed by atoms with Gasteiger partial charge in [-0.05, 0) is 67.1 Å². The third-order valence-corrected chi connectivity index (χ3v) is 5.44. The lowest BCUT2D eigenvalue weighted by Crippen LogP contribution is -2.39. The number of rotatable bonds is 5. The zero-order valence-electron chi connectivity index (χ0n) is 18.2. The molecule has 0 radical (unpaired) electrons. The van der Waals surface area contributed by atoms with E-state index in [1.54, 1.807) is 20.2 Å². The number of carbonyl (C=O) groups is 1. The Bertz CT molecular complexity index is 1030. The van der Waals surface area contributed by atoms with Crippen LogP contribution >= 0.6 is 0 Å². The number of amides is 1. The van der Waals surface area contributed by atoms with Crippen LogP contribution in [0.25, 0.3) is 11.1 Å². The molecule has 7 heteroatoms. The maximum absolute atomic E-state index is 12.5. The predicted octanol–water partition coefficient (Wildman–Crippen LogP) is 3.91. The number of hydrogen-bond donors (Lipinski definition) is 1. The zero-order valence-corrected chi connectivity index (χ0v) is 18.2. The second-order valence-corrected chi connectivity index (χ2v) is 7.66. The summed E-state index contributed by atoms with van der Waals surface area (Å²) in [5, 5.41) is 9.27. The Morgan fingerprint density at radius 3 is 2.87 bits per heavy atom. The van der Waals surface area contributed by atoms with Gasteiger partial charge in [0.15, 0.2) is 0 Å². The van der Waals surface area contributed by atoms with E-state index < -0.39 is 0 Å². The highest BCUT2D eigenvalue weighted by atomic mass is 16.5. The van der Waals surface area contributed by atoms with Crippen LogP contribution in [0.4, 0.5) is 5.69 Å². The number of methoxy groups -OCH3 is 1. The van der Waals surface area contributed by atoms with Crippen LogP contribution < -0.4 is 10.5 Å². The molecule has 2 aromatic rings. The average Bonchev–Trinajstić information content (AvgIpc) is 2.77. The Balaban J connectivity index is 2.04. The van der Waals surface area contributed by atoms with E-state index in [0.717, 1.165) is 29.5 Å². The summed E-state index contributed by atoms with van der Waals surface area (Å²) in [4.78, 5) is 18.4. The Hall–Kier alpha value is -3.37. The fraction of sp³-hybridized carbons (Fsp3) is 0.375. The van der Waals surface area contributed by atoms with Crippen molar-refractivity contribution >= 4 is 17.6 Å². The predicted molar refractivity (Wildman–Crippen MR) is 120 cm³/mol. The van der Waals surface area contributed by atoms with Gasteiger partial charge in [-0.2, -0.15) is 5.26 Å². The number of benzene rings is 2. The number of aliphatic imine (C=N–C) groups is 1. The van der Waals surface area contributed by atoms with Crippen molar-refractivity contribution in [3.63, 3.8) is 0 Å². The highest BCUT2D eigenvalue weighted by molar-refractivity contribution is 5.97. The summed E-state index contributed by atoms with van der Waals surface area (Å²) in [6, 6.07) is 13.5. The van der Waals surface area contributed by atoms with E-state index in [-0.39, 0.29) is 18.0 Å². The van der Waals surface area contributed by atoms with E-state index in [4.69, 9.17) is 15.2 Å². The van der Waals surface area contributed by atoms with Crippen molar-refractivity contribution in [1.29, 1.82) is 5.26 Å². The molecule has 1 aliphatic heterocycles. The highest BCUT2D eigenvalue weighted by Gasteiger charge is 2.21. The van der Waals surface area contributed by atoms with Gasteiger partial charge in [0.05, 0.1) is 17.7 Å². The Labute approximate surface area is 183 Å². The third-order valence-electron chi connectivity index (χ3n) is 5.44. The number of aryl methyl sites for hydroxylation is 1. The Morgan fingerprint density at radius 2 is 2.13 bits per heavy atom. The van der Waals surface area contributed by atoms with Crippen molar-refractivity contribution in [2.75, 3.05) is 20.8 Å². The van der Waals surface area contributed by atoms with Crippen molar-refractivity contribution < 1.29 is 14.3 Å². The third kappa shape index (κ3) is 5.41. The highest BCUT2D eigenvalue weighted by Crippen LogP contribution is 2.36. The van der Waals surface area contributed by atoms with Crippen LogP contribution in [-0.2, 0) is 9.53 Å². The van der Waals surface area contributed by atoms with Crippen molar-refractivity contribution in [3.05, 3.63) is 47.5 Å². The van der Waals surface area contributed by atoms with Gasteiger partial charge in [-0.15, -0.1) is 0 Å². The number of nitriles is 1. The molecule has 1 unspecified atom stereocenters. The number of hydrogen-bond acceptors (Lipinski definition) is 6. The molecule has 1 heterocycles. The molecule has 162 valence electrons. The molecule has 31 heavy (non-hydrogen) atoms.